The van der Waals surface area contributed by atoms with Crippen molar-refractivity contribution in [3.05, 3.63) is 34.4 Å². The maximum atomic E-state index is 12.3. The van der Waals surface area contributed by atoms with Gasteiger partial charge in [0.25, 0.3) is 5.91 Å². The lowest BCUT2D eigenvalue weighted by Crippen LogP contribution is -2.34. The molecule has 1 aliphatic carbocycles. The molecule has 4 nitrogen and oxygen atoms in total. The second-order valence-corrected chi connectivity index (χ2v) is 6.00. The summed E-state index contributed by atoms with van der Waals surface area (Å²) in [5.41, 5.74) is 4.60. The van der Waals surface area contributed by atoms with Gasteiger partial charge in [0, 0.05) is 6.04 Å². The zero-order valence-corrected chi connectivity index (χ0v) is 12.3. The highest BCUT2D eigenvalue weighted by Gasteiger charge is 2.43. The van der Waals surface area contributed by atoms with Crippen LogP contribution in [0.15, 0.2) is 12.1 Å². The van der Waals surface area contributed by atoms with Crippen molar-refractivity contribution in [1.82, 2.24) is 9.80 Å². The van der Waals surface area contributed by atoms with Gasteiger partial charge in [-0.05, 0) is 50.3 Å². The van der Waals surface area contributed by atoms with E-state index in [1.807, 2.05) is 13.8 Å². The van der Waals surface area contributed by atoms with Crippen LogP contribution in [-0.2, 0) is 11.3 Å². The zero-order chi connectivity index (χ0) is 14.4. The number of carbonyl (C=O) groups is 2. The molecule has 4 heteroatoms. The Balaban J connectivity index is 1.84. The topological polar surface area (TPSA) is 40.6 Å². The summed E-state index contributed by atoms with van der Waals surface area (Å²) >= 11 is 0. The first-order chi connectivity index (χ1) is 9.47. The van der Waals surface area contributed by atoms with E-state index in [1.54, 1.807) is 4.90 Å². The van der Waals surface area contributed by atoms with Gasteiger partial charge >= 0.3 is 6.03 Å². The molecule has 2 fully saturated rings. The van der Waals surface area contributed by atoms with Crippen molar-refractivity contribution >= 4 is 11.9 Å². The zero-order valence-electron chi connectivity index (χ0n) is 12.3. The predicted molar refractivity (Wildman–Crippen MR) is 76.3 cm³/mol. The van der Waals surface area contributed by atoms with Gasteiger partial charge in [-0.1, -0.05) is 17.7 Å². The maximum absolute atomic E-state index is 12.3. The summed E-state index contributed by atoms with van der Waals surface area (Å²) in [4.78, 5) is 27.5. The second-order valence-electron chi connectivity index (χ2n) is 6.00. The third kappa shape index (κ3) is 2.19. The van der Waals surface area contributed by atoms with Crippen molar-refractivity contribution in [3.8, 4) is 0 Å². The number of rotatable bonds is 3. The van der Waals surface area contributed by atoms with Crippen molar-refractivity contribution in [2.45, 2.75) is 46.2 Å². The number of benzene rings is 1. The van der Waals surface area contributed by atoms with Crippen LogP contribution in [0.25, 0.3) is 0 Å². The van der Waals surface area contributed by atoms with Crippen molar-refractivity contribution in [2.24, 2.45) is 0 Å². The van der Waals surface area contributed by atoms with Crippen LogP contribution in [0.3, 0.4) is 0 Å². The lowest BCUT2D eigenvalue weighted by atomic mass is 9.99. The number of hydrogen-bond acceptors (Lipinski definition) is 2. The van der Waals surface area contributed by atoms with E-state index in [9.17, 15) is 9.59 Å². The fourth-order valence-corrected chi connectivity index (χ4v) is 3.01. The number of imide groups is 1. The maximum Gasteiger partial charge on any atom is 0.327 e. The molecule has 3 amide bonds. The third-order valence-corrected chi connectivity index (χ3v) is 4.23. The van der Waals surface area contributed by atoms with Crippen LogP contribution in [0, 0.1) is 20.8 Å². The summed E-state index contributed by atoms with van der Waals surface area (Å²) in [5, 5.41) is 0. The van der Waals surface area contributed by atoms with E-state index in [4.69, 9.17) is 0 Å². The largest absolute Gasteiger partial charge is 0.327 e. The van der Waals surface area contributed by atoms with Crippen molar-refractivity contribution in [2.75, 3.05) is 6.54 Å². The molecule has 1 aliphatic heterocycles. The molecule has 0 unspecified atom stereocenters. The number of aryl methyl sites for hydroxylation is 3. The molecule has 2 aliphatic rings. The van der Waals surface area contributed by atoms with E-state index in [-0.39, 0.29) is 18.5 Å². The normalized spacial score (nSPS) is 19.1. The number of amides is 3. The molecule has 1 saturated heterocycles. The van der Waals surface area contributed by atoms with Crippen molar-refractivity contribution < 1.29 is 9.59 Å². The first kappa shape index (κ1) is 13.2. The Morgan fingerprint density at radius 3 is 2.25 bits per heavy atom. The Hall–Kier alpha value is -1.84. The third-order valence-electron chi connectivity index (χ3n) is 4.23. The molecule has 1 aromatic rings. The Bertz CT molecular complexity index is 567. The van der Waals surface area contributed by atoms with Gasteiger partial charge in [-0.3, -0.25) is 9.69 Å². The highest BCUT2D eigenvalue weighted by molar-refractivity contribution is 6.02. The molecule has 1 saturated carbocycles. The Morgan fingerprint density at radius 1 is 1.10 bits per heavy atom. The van der Waals surface area contributed by atoms with Crippen LogP contribution in [0.1, 0.15) is 35.1 Å². The Labute approximate surface area is 119 Å². The standard InChI is InChI=1S/C16H20N2O2/c1-10-6-11(2)14(12(3)7-10)8-18-15(19)9-17(16(18)20)13-4-5-13/h6-7,13H,4-5,8-9H2,1-3H3. The van der Waals surface area contributed by atoms with Gasteiger partial charge < -0.3 is 4.90 Å². The van der Waals surface area contributed by atoms with Gasteiger partial charge in [-0.25, -0.2) is 4.79 Å². The van der Waals surface area contributed by atoms with E-state index in [0.717, 1.165) is 29.5 Å². The van der Waals surface area contributed by atoms with Crippen LogP contribution in [0.5, 0.6) is 0 Å². The lowest BCUT2D eigenvalue weighted by Gasteiger charge is -2.19. The fraction of sp³-hybridized carbons (Fsp3) is 0.500. The smallest absolute Gasteiger partial charge is 0.312 e. The van der Waals surface area contributed by atoms with Crippen molar-refractivity contribution in [1.29, 1.82) is 0 Å². The summed E-state index contributed by atoms with van der Waals surface area (Å²) in [6.45, 7) is 6.80. The van der Waals surface area contributed by atoms with E-state index in [1.165, 1.54) is 10.5 Å². The highest BCUT2D eigenvalue weighted by Crippen LogP contribution is 2.31. The highest BCUT2D eigenvalue weighted by atomic mass is 16.2. The van der Waals surface area contributed by atoms with Crippen LogP contribution in [-0.4, -0.2) is 34.3 Å². The Kier molecular flexibility index (Phi) is 3.04. The molecule has 0 atom stereocenters. The van der Waals surface area contributed by atoms with Gasteiger partial charge in [-0.2, -0.15) is 0 Å². The minimum absolute atomic E-state index is 0.0683. The molecule has 106 valence electrons. The fourth-order valence-electron chi connectivity index (χ4n) is 3.01. The molecule has 0 spiro atoms. The van der Waals surface area contributed by atoms with E-state index in [0.29, 0.717) is 12.6 Å². The first-order valence-corrected chi connectivity index (χ1v) is 7.15. The predicted octanol–water partition coefficient (Wildman–Crippen LogP) is 2.54. The van der Waals surface area contributed by atoms with Crippen LogP contribution < -0.4 is 0 Å². The summed E-state index contributed by atoms with van der Waals surface area (Å²) in [6, 6.07) is 4.39. The van der Waals surface area contributed by atoms with E-state index < -0.39 is 0 Å². The number of hydrogen-bond donors (Lipinski definition) is 0. The average molecular weight is 272 g/mol. The molecule has 0 aromatic heterocycles. The minimum atomic E-state index is -0.114. The monoisotopic (exact) mass is 272 g/mol. The molecule has 1 aromatic carbocycles. The van der Waals surface area contributed by atoms with Gasteiger partial charge in [0.2, 0.25) is 0 Å². The quantitative estimate of drug-likeness (QED) is 0.793. The summed E-state index contributed by atoms with van der Waals surface area (Å²) in [7, 11) is 0. The van der Waals surface area contributed by atoms with Gasteiger partial charge in [0.05, 0.1) is 6.54 Å². The average Bonchev–Trinajstić information content (AvgIpc) is 3.14. The summed E-state index contributed by atoms with van der Waals surface area (Å²) in [5.74, 6) is -0.0683. The molecular formula is C16H20N2O2. The molecular weight excluding hydrogens is 252 g/mol. The summed E-state index contributed by atoms with van der Waals surface area (Å²) < 4.78 is 0. The van der Waals surface area contributed by atoms with Crippen LogP contribution in [0.2, 0.25) is 0 Å². The minimum Gasteiger partial charge on any atom is -0.312 e. The van der Waals surface area contributed by atoms with E-state index >= 15 is 0 Å². The van der Waals surface area contributed by atoms with Crippen LogP contribution in [0.4, 0.5) is 4.79 Å². The number of carbonyl (C=O) groups excluding carboxylic acids is 2. The number of urea groups is 1. The molecule has 0 radical (unpaired) electrons. The van der Waals surface area contributed by atoms with E-state index in [2.05, 4.69) is 19.1 Å². The molecule has 0 N–H and O–H groups in total. The van der Waals surface area contributed by atoms with Gasteiger partial charge in [0.1, 0.15) is 6.54 Å². The SMILES string of the molecule is Cc1cc(C)c(CN2C(=O)CN(C3CC3)C2=O)c(C)c1. The van der Waals surface area contributed by atoms with Crippen molar-refractivity contribution in [3.63, 3.8) is 0 Å². The lowest BCUT2D eigenvalue weighted by molar-refractivity contribution is -0.125. The molecule has 20 heavy (non-hydrogen) atoms. The van der Waals surface area contributed by atoms with Gasteiger partial charge in [-0.15, -0.1) is 0 Å². The van der Waals surface area contributed by atoms with Gasteiger partial charge in [0.15, 0.2) is 0 Å². The van der Waals surface area contributed by atoms with Crippen LogP contribution >= 0.6 is 0 Å². The molecule has 1 heterocycles. The Morgan fingerprint density at radius 2 is 1.70 bits per heavy atom. The summed E-state index contributed by atoms with van der Waals surface area (Å²) in [6.07, 6.45) is 2.07. The molecule has 0 bridgehead atoms. The second kappa shape index (κ2) is 4.62. The number of nitrogens with zero attached hydrogens (tertiary/aromatic N) is 2. The first-order valence-electron chi connectivity index (χ1n) is 7.15. The molecule has 3 rings (SSSR count).